The van der Waals surface area contributed by atoms with Gasteiger partial charge in [0.25, 0.3) is 0 Å². The number of hydrogen-bond acceptors (Lipinski definition) is 7. The number of carbonyl (C=O) groups is 4. The van der Waals surface area contributed by atoms with Crippen molar-refractivity contribution in [3.05, 3.63) is 35.9 Å². The molecule has 37 heavy (non-hydrogen) atoms. The first kappa shape index (κ1) is 28.3. The van der Waals surface area contributed by atoms with Gasteiger partial charge in [0.05, 0.1) is 6.42 Å². The quantitative estimate of drug-likeness (QED) is 0.436. The van der Waals surface area contributed by atoms with Gasteiger partial charge in [-0.1, -0.05) is 57.0 Å². The van der Waals surface area contributed by atoms with E-state index < -0.39 is 47.7 Å². The third-order valence-electron chi connectivity index (χ3n) is 6.94. The van der Waals surface area contributed by atoms with Crippen LogP contribution in [-0.4, -0.2) is 53.6 Å². The summed E-state index contributed by atoms with van der Waals surface area (Å²) in [4.78, 5) is 52.5. The minimum atomic E-state index is -0.945. The molecule has 1 unspecified atom stereocenters. The van der Waals surface area contributed by atoms with Crippen LogP contribution in [0.2, 0.25) is 0 Å². The molecule has 1 aromatic carbocycles. The molecule has 0 saturated carbocycles. The van der Waals surface area contributed by atoms with Crippen LogP contribution in [0.4, 0.5) is 0 Å². The van der Waals surface area contributed by atoms with Gasteiger partial charge in [0.15, 0.2) is 5.66 Å². The van der Waals surface area contributed by atoms with Crippen LogP contribution < -0.4 is 16.0 Å². The Morgan fingerprint density at radius 3 is 2.38 bits per heavy atom. The van der Waals surface area contributed by atoms with E-state index in [4.69, 9.17) is 4.74 Å². The number of benzene rings is 1. The Hall–Kier alpha value is -3.30. The lowest BCUT2D eigenvalue weighted by Crippen LogP contribution is -2.55. The van der Waals surface area contributed by atoms with Crippen LogP contribution in [0, 0.1) is 5.92 Å². The van der Waals surface area contributed by atoms with E-state index in [2.05, 4.69) is 33.1 Å². The molecule has 0 spiro atoms. The van der Waals surface area contributed by atoms with Gasteiger partial charge in [0.2, 0.25) is 17.7 Å². The van der Waals surface area contributed by atoms with E-state index in [0.717, 1.165) is 24.8 Å². The Balaban J connectivity index is 1.85. The predicted molar refractivity (Wildman–Crippen MR) is 137 cm³/mol. The molecule has 0 radical (unpaired) electrons. The highest BCUT2D eigenvalue weighted by molar-refractivity contribution is 5.94. The molecule has 2 heterocycles. The standard InChI is InChI=1S/C27H39N5O5/c1-5-6-10-17(2)22-16-23(33)29-21(15-19-11-8-7-9-12-19)25(35)28-18(3)24(34)30-20(26(36)37-22)13-14-27(4)31-32-27/h7-9,11-12,17-18,20-22H,5-6,10,13-16H2,1-4H3,(H,28,35)(H,29,33)(H,30,34)/t17-,18-,20?,21-,22-/m0/s1. The Kier molecular flexibility index (Phi) is 9.77. The first-order valence-corrected chi connectivity index (χ1v) is 13.2. The van der Waals surface area contributed by atoms with Crippen molar-refractivity contribution in [2.24, 2.45) is 16.1 Å². The summed E-state index contributed by atoms with van der Waals surface area (Å²) < 4.78 is 5.87. The highest BCUT2D eigenvalue weighted by Crippen LogP contribution is 2.32. The molecule has 0 bridgehead atoms. The van der Waals surface area contributed by atoms with Crippen molar-refractivity contribution in [1.29, 1.82) is 0 Å². The van der Waals surface area contributed by atoms with Crippen LogP contribution in [0.1, 0.15) is 71.8 Å². The maximum absolute atomic E-state index is 13.3. The number of rotatable bonds is 9. The summed E-state index contributed by atoms with van der Waals surface area (Å²) in [6.07, 6.45) is 2.90. The van der Waals surface area contributed by atoms with E-state index in [0.29, 0.717) is 6.42 Å². The zero-order chi connectivity index (χ0) is 27.0. The Morgan fingerprint density at radius 2 is 1.73 bits per heavy atom. The topological polar surface area (TPSA) is 138 Å². The van der Waals surface area contributed by atoms with E-state index in [1.807, 2.05) is 44.2 Å². The van der Waals surface area contributed by atoms with Crippen LogP contribution in [0.5, 0.6) is 0 Å². The summed E-state index contributed by atoms with van der Waals surface area (Å²) in [6.45, 7) is 7.41. The minimum absolute atomic E-state index is 0.0756. The smallest absolute Gasteiger partial charge is 0.328 e. The number of amides is 3. The molecule has 3 amide bonds. The van der Waals surface area contributed by atoms with Crippen molar-refractivity contribution in [3.63, 3.8) is 0 Å². The number of cyclic esters (lactones) is 1. The van der Waals surface area contributed by atoms with Crippen molar-refractivity contribution in [3.8, 4) is 0 Å². The molecular formula is C27H39N5O5. The fraction of sp³-hybridized carbons (Fsp3) is 0.630. The van der Waals surface area contributed by atoms with E-state index in [-0.39, 0.29) is 31.1 Å². The fourth-order valence-electron chi connectivity index (χ4n) is 4.33. The first-order chi connectivity index (χ1) is 17.6. The Bertz CT molecular complexity index is 992. The summed E-state index contributed by atoms with van der Waals surface area (Å²) in [5, 5.41) is 16.2. The average Bonchev–Trinajstić information content (AvgIpc) is 3.61. The van der Waals surface area contributed by atoms with E-state index in [1.165, 1.54) is 0 Å². The largest absolute Gasteiger partial charge is 0.460 e. The first-order valence-electron chi connectivity index (χ1n) is 13.2. The number of carbonyl (C=O) groups excluding carboxylic acids is 4. The van der Waals surface area contributed by atoms with Crippen molar-refractivity contribution < 1.29 is 23.9 Å². The molecule has 0 aromatic heterocycles. The normalized spacial score (nSPS) is 26.9. The molecule has 2 aliphatic heterocycles. The van der Waals surface area contributed by atoms with Crippen molar-refractivity contribution in [2.75, 3.05) is 0 Å². The SMILES string of the molecule is CCCC[C@H](C)[C@@H]1CC(=O)N[C@@H](Cc2ccccc2)C(=O)N[C@@H](C)C(=O)NC(CCC2(C)N=N2)C(=O)O1. The van der Waals surface area contributed by atoms with Gasteiger partial charge in [-0.25, -0.2) is 4.79 Å². The molecule has 5 atom stereocenters. The second-order valence-corrected chi connectivity index (χ2v) is 10.4. The van der Waals surface area contributed by atoms with Crippen molar-refractivity contribution in [2.45, 2.75) is 103 Å². The van der Waals surface area contributed by atoms with E-state index >= 15 is 0 Å². The van der Waals surface area contributed by atoms with Crippen LogP contribution in [0.15, 0.2) is 40.6 Å². The average molecular weight is 514 g/mol. The van der Waals surface area contributed by atoms with Gasteiger partial charge >= 0.3 is 5.97 Å². The second kappa shape index (κ2) is 12.8. The fourth-order valence-corrected chi connectivity index (χ4v) is 4.33. The van der Waals surface area contributed by atoms with E-state index in [9.17, 15) is 19.2 Å². The maximum atomic E-state index is 13.3. The number of ether oxygens (including phenoxy) is 1. The third-order valence-corrected chi connectivity index (χ3v) is 6.94. The zero-order valence-corrected chi connectivity index (χ0v) is 22.2. The lowest BCUT2D eigenvalue weighted by atomic mass is 9.95. The molecule has 1 aromatic rings. The Labute approximate surface area is 218 Å². The number of hydrogen-bond donors (Lipinski definition) is 3. The van der Waals surface area contributed by atoms with Gasteiger partial charge < -0.3 is 20.7 Å². The molecule has 10 heteroatoms. The molecular weight excluding hydrogens is 474 g/mol. The highest BCUT2D eigenvalue weighted by Gasteiger charge is 2.38. The number of unbranched alkanes of at least 4 members (excludes halogenated alkanes) is 1. The number of nitrogens with zero attached hydrogens (tertiary/aromatic N) is 2. The van der Waals surface area contributed by atoms with Crippen LogP contribution in [0.3, 0.4) is 0 Å². The van der Waals surface area contributed by atoms with Crippen LogP contribution in [-0.2, 0) is 30.3 Å². The molecule has 1 fully saturated rings. The number of nitrogens with one attached hydrogen (secondary N) is 3. The summed E-state index contributed by atoms with van der Waals surface area (Å²) >= 11 is 0. The van der Waals surface area contributed by atoms with E-state index in [1.54, 1.807) is 6.92 Å². The molecule has 202 valence electrons. The maximum Gasteiger partial charge on any atom is 0.328 e. The molecule has 3 N–H and O–H groups in total. The summed E-state index contributed by atoms with van der Waals surface area (Å²) in [6, 6.07) is 6.58. The lowest BCUT2D eigenvalue weighted by molar-refractivity contribution is -0.157. The Morgan fingerprint density at radius 1 is 1.03 bits per heavy atom. The summed E-state index contributed by atoms with van der Waals surface area (Å²) in [7, 11) is 0. The minimum Gasteiger partial charge on any atom is -0.460 e. The molecule has 2 aliphatic rings. The highest BCUT2D eigenvalue weighted by atomic mass is 16.5. The lowest BCUT2D eigenvalue weighted by Gasteiger charge is -2.27. The zero-order valence-electron chi connectivity index (χ0n) is 22.2. The van der Waals surface area contributed by atoms with Crippen LogP contribution >= 0.6 is 0 Å². The summed E-state index contributed by atoms with van der Waals surface area (Å²) in [5.41, 5.74) is 0.317. The molecule has 3 rings (SSSR count). The van der Waals surface area contributed by atoms with Gasteiger partial charge in [-0.3, -0.25) is 14.4 Å². The second-order valence-electron chi connectivity index (χ2n) is 10.4. The van der Waals surface area contributed by atoms with Crippen molar-refractivity contribution >= 4 is 23.7 Å². The predicted octanol–water partition coefficient (Wildman–Crippen LogP) is 2.81. The number of esters is 1. The van der Waals surface area contributed by atoms with Gasteiger partial charge in [0.1, 0.15) is 24.2 Å². The molecule has 0 aliphatic carbocycles. The molecule has 1 saturated heterocycles. The van der Waals surface area contributed by atoms with Crippen molar-refractivity contribution in [1.82, 2.24) is 16.0 Å². The van der Waals surface area contributed by atoms with Crippen LogP contribution in [0.25, 0.3) is 0 Å². The third kappa shape index (κ3) is 8.65. The van der Waals surface area contributed by atoms with Gasteiger partial charge in [-0.05, 0) is 44.6 Å². The van der Waals surface area contributed by atoms with Gasteiger partial charge in [-0.2, -0.15) is 10.2 Å². The molecule has 10 nitrogen and oxygen atoms in total. The summed E-state index contributed by atoms with van der Waals surface area (Å²) in [5.74, 6) is -2.05. The van der Waals surface area contributed by atoms with Gasteiger partial charge in [-0.15, -0.1) is 0 Å². The monoisotopic (exact) mass is 513 g/mol. The van der Waals surface area contributed by atoms with Gasteiger partial charge in [0, 0.05) is 6.42 Å².